The molecule has 0 aliphatic carbocycles. The molecule has 0 bridgehead atoms. The molecule has 2 heterocycles. The maximum atomic E-state index is 11.9. The third-order valence-corrected chi connectivity index (χ3v) is 2.27. The van der Waals surface area contributed by atoms with Gasteiger partial charge in [-0.25, -0.2) is 4.98 Å². The Morgan fingerprint density at radius 1 is 1.26 bits per heavy atom. The van der Waals surface area contributed by atoms with Gasteiger partial charge in [0.2, 0.25) is 0 Å². The number of aryl methyl sites for hydroxylation is 1. The van der Waals surface area contributed by atoms with Gasteiger partial charge in [0.15, 0.2) is 5.82 Å². The van der Waals surface area contributed by atoms with E-state index in [4.69, 9.17) is 5.84 Å². The number of hydrazone groups is 1. The number of hydrogen-bond donors (Lipinski definition) is 2. The van der Waals surface area contributed by atoms with Crippen molar-refractivity contribution in [2.45, 2.75) is 6.92 Å². The summed E-state index contributed by atoms with van der Waals surface area (Å²) in [6, 6.07) is 3.27. The van der Waals surface area contributed by atoms with Crippen molar-refractivity contribution in [1.29, 1.82) is 0 Å². The lowest BCUT2D eigenvalue weighted by atomic mass is 10.2. The summed E-state index contributed by atoms with van der Waals surface area (Å²) in [5.74, 6) is 5.05. The van der Waals surface area contributed by atoms with E-state index in [1.54, 1.807) is 18.3 Å². The predicted molar refractivity (Wildman–Crippen MR) is 70.7 cm³/mol. The van der Waals surface area contributed by atoms with E-state index in [9.17, 15) is 4.79 Å². The molecule has 0 unspecified atom stereocenters. The Kier molecular flexibility index (Phi) is 3.77. The molecule has 3 N–H and O–H groups in total. The Bertz CT molecular complexity index is 591. The van der Waals surface area contributed by atoms with E-state index in [0.29, 0.717) is 11.4 Å². The molecule has 2 rings (SSSR count). The quantitative estimate of drug-likeness (QED) is 0.478. The Morgan fingerprint density at radius 2 is 2.11 bits per heavy atom. The Balaban J connectivity index is 2.09. The summed E-state index contributed by atoms with van der Waals surface area (Å²) in [5.41, 5.74) is 1.77. The molecule has 2 aromatic rings. The first-order valence-corrected chi connectivity index (χ1v) is 5.48. The van der Waals surface area contributed by atoms with Gasteiger partial charge in [0.25, 0.3) is 5.91 Å². The van der Waals surface area contributed by atoms with E-state index in [1.807, 2.05) is 6.92 Å². The first-order valence-electron chi connectivity index (χ1n) is 5.48. The van der Waals surface area contributed by atoms with E-state index < -0.39 is 0 Å². The normalized spacial score (nSPS) is 10.6. The van der Waals surface area contributed by atoms with E-state index >= 15 is 0 Å². The minimum absolute atomic E-state index is 0.275. The SMILES string of the molecule is Cc1cnc(NC(=O)c2ccc(C=NN)cn2)cn1. The highest BCUT2D eigenvalue weighted by atomic mass is 16.1. The van der Waals surface area contributed by atoms with Crippen molar-refractivity contribution in [3.8, 4) is 0 Å². The maximum Gasteiger partial charge on any atom is 0.275 e. The number of pyridine rings is 1. The molecular formula is C12H12N6O. The Morgan fingerprint density at radius 3 is 2.68 bits per heavy atom. The highest BCUT2D eigenvalue weighted by molar-refractivity contribution is 6.02. The topological polar surface area (TPSA) is 106 Å². The van der Waals surface area contributed by atoms with E-state index in [-0.39, 0.29) is 11.6 Å². The maximum absolute atomic E-state index is 11.9. The van der Waals surface area contributed by atoms with Crippen LogP contribution in [0.4, 0.5) is 5.82 Å². The lowest BCUT2D eigenvalue weighted by molar-refractivity contribution is 0.102. The molecule has 96 valence electrons. The molecule has 0 aliphatic rings. The average molecular weight is 256 g/mol. The molecule has 7 heteroatoms. The number of nitrogens with one attached hydrogen (secondary N) is 1. The van der Waals surface area contributed by atoms with Crippen molar-refractivity contribution in [3.05, 3.63) is 47.7 Å². The zero-order chi connectivity index (χ0) is 13.7. The van der Waals surface area contributed by atoms with Crippen LogP contribution in [0.1, 0.15) is 21.7 Å². The molecule has 0 aromatic carbocycles. The largest absolute Gasteiger partial charge is 0.323 e. The number of anilines is 1. The highest BCUT2D eigenvalue weighted by Gasteiger charge is 2.08. The molecule has 7 nitrogen and oxygen atoms in total. The van der Waals surface area contributed by atoms with Crippen molar-refractivity contribution in [2.75, 3.05) is 5.32 Å². The van der Waals surface area contributed by atoms with Crippen LogP contribution in [-0.2, 0) is 0 Å². The Labute approximate surface area is 109 Å². The molecule has 19 heavy (non-hydrogen) atoms. The van der Waals surface area contributed by atoms with Gasteiger partial charge in [0.05, 0.1) is 24.3 Å². The van der Waals surface area contributed by atoms with Crippen LogP contribution < -0.4 is 11.2 Å². The van der Waals surface area contributed by atoms with Gasteiger partial charge in [0, 0.05) is 11.8 Å². The van der Waals surface area contributed by atoms with Gasteiger partial charge in [-0.1, -0.05) is 0 Å². The summed E-state index contributed by atoms with van der Waals surface area (Å²) in [5, 5.41) is 5.98. The summed E-state index contributed by atoms with van der Waals surface area (Å²) in [4.78, 5) is 23.9. The Hall–Kier alpha value is -2.83. The number of hydrogen-bond acceptors (Lipinski definition) is 6. The van der Waals surface area contributed by atoms with Crippen molar-refractivity contribution < 1.29 is 4.79 Å². The number of amides is 1. The summed E-state index contributed by atoms with van der Waals surface area (Å²) in [6.07, 6.45) is 6.01. The van der Waals surface area contributed by atoms with Gasteiger partial charge in [-0.2, -0.15) is 5.10 Å². The van der Waals surface area contributed by atoms with Crippen LogP contribution in [0.2, 0.25) is 0 Å². The molecule has 0 saturated heterocycles. The van der Waals surface area contributed by atoms with Crippen LogP contribution in [0.5, 0.6) is 0 Å². The van der Waals surface area contributed by atoms with Gasteiger partial charge in [-0.15, -0.1) is 0 Å². The van der Waals surface area contributed by atoms with Crippen molar-refractivity contribution in [3.63, 3.8) is 0 Å². The van der Waals surface area contributed by atoms with Gasteiger partial charge < -0.3 is 11.2 Å². The molecule has 0 radical (unpaired) electrons. The second kappa shape index (κ2) is 5.67. The smallest absolute Gasteiger partial charge is 0.275 e. The number of nitrogens with zero attached hydrogens (tertiary/aromatic N) is 4. The van der Waals surface area contributed by atoms with Crippen LogP contribution in [0.25, 0.3) is 0 Å². The van der Waals surface area contributed by atoms with Crippen molar-refractivity contribution >= 4 is 17.9 Å². The summed E-state index contributed by atoms with van der Waals surface area (Å²) < 4.78 is 0. The van der Waals surface area contributed by atoms with E-state index in [1.165, 1.54) is 18.6 Å². The summed E-state index contributed by atoms with van der Waals surface area (Å²) >= 11 is 0. The lowest BCUT2D eigenvalue weighted by Crippen LogP contribution is -2.14. The molecule has 0 saturated carbocycles. The van der Waals surface area contributed by atoms with Gasteiger partial charge >= 0.3 is 0 Å². The van der Waals surface area contributed by atoms with Gasteiger partial charge in [-0.05, 0) is 19.1 Å². The number of carbonyl (C=O) groups is 1. The van der Waals surface area contributed by atoms with Crippen LogP contribution in [0.15, 0.2) is 35.8 Å². The molecule has 1 amide bonds. The van der Waals surface area contributed by atoms with Crippen LogP contribution in [0, 0.1) is 6.92 Å². The fourth-order valence-electron chi connectivity index (χ4n) is 1.34. The first kappa shape index (κ1) is 12.6. The standard InChI is InChI=1S/C12H12N6O/c1-8-4-16-11(7-14-8)18-12(19)10-3-2-9(5-15-10)6-17-13/h2-7H,13H2,1H3,(H,16,18,19). The fourth-order valence-corrected chi connectivity index (χ4v) is 1.34. The lowest BCUT2D eigenvalue weighted by Gasteiger charge is -2.03. The second-order valence-electron chi connectivity index (χ2n) is 3.75. The number of rotatable bonds is 3. The minimum atomic E-state index is -0.352. The predicted octanol–water partition coefficient (Wildman–Crippen LogP) is 0.725. The van der Waals surface area contributed by atoms with Gasteiger partial charge in [-0.3, -0.25) is 14.8 Å². The third-order valence-electron chi connectivity index (χ3n) is 2.27. The molecule has 0 atom stereocenters. The molecule has 0 fully saturated rings. The number of carbonyl (C=O) groups excluding carboxylic acids is 1. The monoisotopic (exact) mass is 256 g/mol. The van der Waals surface area contributed by atoms with Crippen molar-refractivity contribution in [2.24, 2.45) is 10.9 Å². The molecule has 0 spiro atoms. The van der Waals surface area contributed by atoms with E-state index in [2.05, 4.69) is 25.4 Å². The molecule has 0 aliphatic heterocycles. The first-order chi connectivity index (χ1) is 9.19. The van der Waals surface area contributed by atoms with Crippen LogP contribution >= 0.6 is 0 Å². The summed E-state index contributed by atoms with van der Waals surface area (Å²) in [7, 11) is 0. The van der Waals surface area contributed by atoms with Crippen LogP contribution in [0.3, 0.4) is 0 Å². The van der Waals surface area contributed by atoms with Crippen LogP contribution in [-0.4, -0.2) is 27.1 Å². The van der Waals surface area contributed by atoms with Gasteiger partial charge in [0.1, 0.15) is 5.69 Å². The zero-order valence-corrected chi connectivity index (χ0v) is 10.2. The fraction of sp³-hybridized carbons (Fsp3) is 0.0833. The second-order valence-corrected chi connectivity index (χ2v) is 3.75. The highest BCUT2D eigenvalue weighted by Crippen LogP contribution is 2.04. The summed E-state index contributed by atoms with van der Waals surface area (Å²) in [6.45, 7) is 1.82. The number of nitrogens with two attached hydrogens (primary N) is 1. The average Bonchev–Trinajstić information content (AvgIpc) is 2.42. The zero-order valence-electron chi connectivity index (χ0n) is 10.2. The minimum Gasteiger partial charge on any atom is -0.323 e. The number of aromatic nitrogens is 3. The molecular weight excluding hydrogens is 244 g/mol. The third kappa shape index (κ3) is 3.32. The van der Waals surface area contributed by atoms with E-state index in [0.717, 1.165) is 5.69 Å². The molecule has 2 aromatic heterocycles. The van der Waals surface area contributed by atoms with Crippen molar-refractivity contribution in [1.82, 2.24) is 15.0 Å².